The van der Waals surface area contributed by atoms with Crippen LogP contribution in [0.4, 0.5) is 4.39 Å². The molecular formula is C13H14FNO3. The lowest BCUT2D eigenvalue weighted by atomic mass is 10.2. The monoisotopic (exact) mass is 251 g/mol. The predicted octanol–water partition coefficient (Wildman–Crippen LogP) is 2.76. The van der Waals surface area contributed by atoms with Gasteiger partial charge in [-0.2, -0.15) is 0 Å². The zero-order valence-corrected chi connectivity index (χ0v) is 10.0. The lowest BCUT2D eigenvalue weighted by molar-refractivity contribution is -0.135. The second-order valence-electron chi connectivity index (χ2n) is 3.60. The van der Waals surface area contributed by atoms with Crippen molar-refractivity contribution in [3.63, 3.8) is 0 Å². The Morgan fingerprint density at radius 2 is 2.28 bits per heavy atom. The molecule has 1 rings (SSSR count). The Labute approximate surface area is 104 Å². The van der Waals surface area contributed by atoms with E-state index in [-0.39, 0.29) is 17.5 Å². The lowest BCUT2D eigenvalue weighted by Gasteiger charge is -2.04. The highest BCUT2D eigenvalue weighted by atomic mass is 19.1. The number of halogens is 1. The number of hydrogen-bond acceptors (Lipinski definition) is 3. The Morgan fingerprint density at radius 1 is 1.56 bits per heavy atom. The highest BCUT2D eigenvalue weighted by Gasteiger charge is 2.06. The molecule has 0 fully saturated rings. The summed E-state index contributed by atoms with van der Waals surface area (Å²) in [4.78, 5) is 14.5. The fourth-order valence-corrected chi connectivity index (χ4v) is 1.22. The van der Waals surface area contributed by atoms with E-state index in [0.717, 1.165) is 5.57 Å². The van der Waals surface area contributed by atoms with E-state index < -0.39 is 5.97 Å². The van der Waals surface area contributed by atoms with Crippen LogP contribution in [0, 0.1) is 0 Å². The van der Waals surface area contributed by atoms with Gasteiger partial charge in [0.2, 0.25) is 5.76 Å². The smallest absolute Gasteiger partial charge is 0.371 e. The van der Waals surface area contributed by atoms with Gasteiger partial charge in [0, 0.05) is 6.92 Å². The second kappa shape index (κ2) is 6.54. The average Bonchev–Trinajstić information content (AvgIpc) is 2.51. The third-order valence-electron chi connectivity index (χ3n) is 2.14. The first-order valence-corrected chi connectivity index (χ1v) is 5.33. The molecule has 0 bridgehead atoms. The number of allylic oxidation sites excluding steroid dienone is 4. The van der Waals surface area contributed by atoms with E-state index in [4.69, 9.17) is 9.84 Å². The molecule has 0 heterocycles. The first kappa shape index (κ1) is 13.9. The van der Waals surface area contributed by atoms with Crippen LogP contribution in [0.3, 0.4) is 0 Å². The zero-order chi connectivity index (χ0) is 13.5. The molecule has 1 aliphatic carbocycles. The van der Waals surface area contributed by atoms with Gasteiger partial charge in [0.05, 0.1) is 6.54 Å². The molecule has 1 aliphatic rings. The lowest BCUT2D eigenvalue weighted by Crippen LogP contribution is -2.08. The highest BCUT2D eigenvalue weighted by Crippen LogP contribution is 2.11. The molecule has 0 saturated heterocycles. The molecule has 0 unspecified atom stereocenters. The fraction of sp³-hybridized carbons (Fsp3) is 0.231. The topological polar surface area (TPSA) is 58.9 Å². The van der Waals surface area contributed by atoms with Crippen LogP contribution in [0.2, 0.25) is 0 Å². The molecule has 1 N–H and O–H groups in total. The Kier molecular flexibility index (Phi) is 5.05. The van der Waals surface area contributed by atoms with Crippen LogP contribution in [0.1, 0.15) is 13.3 Å². The van der Waals surface area contributed by atoms with Gasteiger partial charge in [0.15, 0.2) is 5.90 Å². The number of ether oxygens (including phenoxy) is 1. The van der Waals surface area contributed by atoms with Crippen molar-refractivity contribution < 1.29 is 19.0 Å². The molecule has 4 nitrogen and oxygen atoms in total. The van der Waals surface area contributed by atoms with Gasteiger partial charge in [0.25, 0.3) is 0 Å². The molecule has 0 spiro atoms. The summed E-state index contributed by atoms with van der Waals surface area (Å²) in [6, 6.07) is 0. The van der Waals surface area contributed by atoms with Crippen LogP contribution >= 0.6 is 0 Å². The van der Waals surface area contributed by atoms with Crippen molar-refractivity contribution in [3.8, 4) is 0 Å². The number of rotatable bonds is 4. The molecule has 0 aromatic carbocycles. The van der Waals surface area contributed by atoms with Crippen molar-refractivity contribution in [1.82, 2.24) is 0 Å². The normalized spacial score (nSPS) is 15.6. The summed E-state index contributed by atoms with van der Waals surface area (Å²) in [5.41, 5.74) is 0.836. The number of nitrogens with zero attached hydrogens (tertiary/aromatic N) is 1. The summed E-state index contributed by atoms with van der Waals surface area (Å²) in [7, 11) is 0. The molecule has 5 heteroatoms. The number of carboxylic acids is 1. The summed E-state index contributed by atoms with van der Waals surface area (Å²) >= 11 is 0. The molecular weight excluding hydrogens is 237 g/mol. The maximum absolute atomic E-state index is 12.9. The quantitative estimate of drug-likeness (QED) is 0.362. The van der Waals surface area contributed by atoms with E-state index in [1.165, 1.54) is 19.1 Å². The third-order valence-corrected chi connectivity index (χ3v) is 2.14. The van der Waals surface area contributed by atoms with Gasteiger partial charge < -0.3 is 9.84 Å². The fourth-order valence-electron chi connectivity index (χ4n) is 1.22. The van der Waals surface area contributed by atoms with Crippen molar-refractivity contribution in [2.75, 3.05) is 6.54 Å². The molecule has 0 aliphatic heterocycles. The van der Waals surface area contributed by atoms with Crippen LogP contribution in [0.5, 0.6) is 0 Å². The molecule has 0 radical (unpaired) electrons. The molecule has 0 saturated carbocycles. The molecule has 0 amide bonds. The summed E-state index contributed by atoms with van der Waals surface area (Å²) in [5, 5.41) is 8.56. The van der Waals surface area contributed by atoms with Crippen LogP contribution in [-0.2, 0) is 9.53 Å². The van der Waals surface area contributed by atoms with Crippen LogP contribution in [-0.4, -0.2) is 23.5 Å². The van der Waals surface area contributed by atoms with Gasteiger partial charge in [0.1, 0.15) is 5.83 Å². The van der Waals surface area contributed by atoms with Crippen molar-refractivity contribution in [2.45, 2.75) is 13.3 Å². The molecule has 18 heavy (non-hydrogen) atoms. The van der Waals surface area contributed by atoms with E-state index in [0.29, 0.717) is 13.0 Å². The van der Waals surface area contributed by atoms with Crippen molar-refractivity contribution >= 4 is 11.9 Å². The predicted molar refractivity (Wildman–Crippen MR) is 66.9 cm³/mol. The maximum atomic E-state index is 12.9. The van der Waals surface area contributed by atoms with E-state index in [9.17, 15) is 9.18 Å². The minimum Gasteiger partial charge on any atom is -0.475 e. The Balaban J connectivity index is 2.54. The van der Waals surface area contributed by atoms with Gasteiger partial charge in [-0.15, -0.1) is 0 Å². The van der Waals surface area contributed by atoms with Gasteiger partial charge in [-0.3, -0.25) is 4.99 Å². The number of aliphatic carboxylic acids is 1. The van der Waals surface area contributed by atoms with E-state index in [1.807, 2.05) is 6.08 Å². The SMILES string of the molecule is C=C(OC(C)=NCC1=CCC=C(F)C=C1)C(=O)O. The number of carboxylic acid groups (broad SMARTS) is 1. The van der Waals surface area contributed by atoms with Crippen molar-refractivity contribution in [3.05, 3.63) is 48.0 Å². The number of hydrogen-bond donors (Lipinski definition) is 1. The molecule has 96 valence electrons. The second-order valence-corrected chi connectivity index (χ2v) is 3.60. The van der Waals surface area contributed by atoms with E-state index >= 15 is 0 Å². The minimum absolute atomic E-state index is 0.203. The number of carbonyl (C=O) groups is 1. The first-order chi connectivity index (χ1) is 8.49. The summed E-state index contributed by atoms with van der Waals surface area (Å²) in [6.07, 6.45) is 6.79. The van der Waals surface area contributed by atoms with Crippen LogP contribution in [0.15, 0.2) is 53.0 Å². The van der Waals surface area contributed by atoms with Gasteiger partial charge in [-0.25, -0.2) is 9.18 Å². The van der Waals surface area contributed by atoms with Crippen molar-refractivity contribution in [1.29, 1.82) is 0 Å². The van der Waals surface area contributed by atoms with Gasteiger partial charge >= 0.3 is 5.97 Å². The van der Waals surface area contributed by atoms with E-state index in [1.54, 1.807) is 6.08 Å². The maximum Gasteiger partial charge on any atom is 0.371 e. The van der Waals surface area contributed by atoms with Crippen LogP contribution in [0.25, 0.3) is 0 Å². The summed E-state index contributed by atoms with van der Waals surface area (Å²) in [5.74, 6) is -1.69. The molecule has 0 atom stereocenters. The molecule has 0 aromatic rings. The summed E-state index contributed by atoms with van der Waals surface area (Å²) < 4.78 is 17.8. The zero-order valence-electron chi connectivity index (χ0n) is 10.0. The third kappa shape index (κ3) is 4.78. The number of aliphatic imine (C=N–C) groups is 1. The van der Waals surface area contributed by atoms with Gasteiger partial charge in [-0.05, 0) is 30.7 Å². The highest BCUT2D eigenvalue weighted by molar-refractivity contribution is 5.88. The van der Waals surface area contributed by atoms with Crippen LogP contribution < -0.4 is 0 Å². The standard InChI is InChI=1S/C13H14FNO3/c1-9(13(16)17)18-10(2)15-8-11-4-3-5-12(14)7-6-11/h4-7H,1,3,8H2,2H3,(H,16,17). The average molecular weight is 251 g/mol. The first-order valence-electron chi connectivity index (χ1n) is 5.33. The molecule has 0 aromatic heterocycles. The van der Waals surface area contributed by atoms with Crippen molar-refractivity contribution in [2.24, 2.45) is 4.99 Å². The minimum atomic E-state index is -1.23. The Bertz CT molecular complexity index is 473. The largest absolute Gasteiger partial charge is 0.475 e. The van der Waals surface area contributed by atoms with E-state index in [2.05, 4.69) is 11.6 Å². The summed E-state index contributed by atoms with van der Waals surface area (Å²) in [6.45, 7) is 5.06. The Morgan fingerprint density at radius 3 is 2.94 bits per heavy atom. The Hall–Kier alpha value is -2.17. The van der Waals surface area contributed by atoms with Gasteiger partial charge in [-0.1, -0.05) is 12.2 Å².